The first-order valence-corrected chi connectivity index (χ1v) is 6.07. The van der Waals surface area contributed by atoms with Crippen molar-refractivity contribution < 1.29 is 9.50 Å². The Bertz CT molecular complexity index is 510. The largest absolute Gasteiger partial charge is 0.386 e. The normalized spacial score (nSPS) is 12.4. The molecule has 2 rings (SSSR count). The minimum Gasteiger partial charge on any atom is -0.386 e. The van der Waals surface area contributed by atoms with Crippen LogP contribution >= 0.6 is 0 Å². The van der Waals surface area contributed by atoms with Crippen LogP contribution in [0.3, 0.4) is 0 Å². The number of aromatic nitrogens is 1. The second-order valence-electron chi connectivity index (χ2n) is 4.26. The number of aliphatic hydroxyl groups is 1. The third kappa shape index (κ3) is 2.93. The summed E-state index contributed by atoms with van der Waals surface area (Å²) in [5.41, 5.74) is 2.33. The summed E-state index contributed by atoms with van der Waals surface area (Å²) in [5, 5.41) is 9.98. The Kier molecular flexibility index (Phi) is 4.05. The number of aliphatic hydroxyl groups excluding tert-OH is 1. The summed E-state index contributed by atoms with van der Waals surface area (Å²) in [6.07, 6.45) is 1.94. The van der Waals surface area contributed by atoms with Crippen molar-refractivity contribution in [1.82, 2.24) is 4.98 Å². The number of aryl methyl sites for hydroxylation is 1. The Hall–Kier alpha value is -1.74. The molecule has 1 atom stereocenters. The van der Waals surface area contributed by atoms with Crippen molar-refractivity contribution in [2.45, 2.75) is 25.9 Å². The van der Waals surface area contributed by atoms with Crippen LogP contribution < -0.4 is 0 Å². The molecule has 0 radical (unpaired) electrons. The Morgan fingerprint density at radius 3 is 2.44 bits per heavy atom. The van der Waals surface area contributed by atoms with Gasteiger partial charge in [-0.1, -0.05) is 31.2 Å². The zero-order valence-corrected chi connectivity index (χ0v) is 10.3. The predicted octanol–water partition coefficient (Wildman–Crippen LogP) is 3.06. The number of nitrogens with zero attached hydrogens (tertiary/aromatic N) is 1. The highest BCUT2D eigenvalue weighted by Crippen LogP contribution is 2.19. The molecule has 0 aliphatic carbocycles. The molecule has 1 heterocycles. The van der Waals surface area contributed by atoms with Gasteiger partial charge in [0, 0.05) is 12.6 Å². The fraction of sp³-hybridized carbons (Fsp3) is 0.267. The number of pyridine rings is 1. The van der Waals surface area contributed by atoms with Gasteiger partial charge >= 0.3 is 0 Å². The molecule has 0 amide bonds. The van der Waals surface area contributed by atoms with E-state index in [2.05, 4.69) is 11.9 Å². The molecule has 1 unspecified atom stereocenters. The number of hydrogen-bond acceptors (Lipinski definition) is 2. The van der Waals surface area contributed by atoms with E-state index in [1.54, 1.807) is 0 Å². The average molecular weight is 245 g/mol. The van der Waals surface area contributed by atoms with Crippen molar-refractivity contribution in [3.8, 4) is 0 Å². The van der Waals surface area contributed by atoms with Crippen molar-refractivity contribution >= 4 is 0 Å². The quantitative estimate of drug-likeness (QED) is 0.898. The fourth-order valence-corrected chi connectivity index (χ4v) is 1.87. The van der Waals surface area contributed by atoms with Gasteiger partial charge in [-0.3, -0.25) is 4.98 Å². The summed E-state index contributed by atoms with van der Waals surface area (Å²) in [4.78, 5) is 3.88. The minimum atomic E-state index is -0.904. The van der Waals surface area contributed by atoms with E-state index in [1.165, 1.54) is 23.9 Å². The molecule has 1 aromatic heterocycles. The lowest BCUT2D eigenvalue weighted by Crippen LogP contribution is -2.06. The van der Waals surface area contributed by atoms with Crippen LogP contribution in [0, 0.1) is 5.82 Å². The lowest BCUT2D eigenvalue weighted by atomic mass is 10.0. The smallest absolute Gasteiger partial charge is 0.147 e. The summed E-state index contributed by atoms with van der Waals surface area (Å²) in [6, 6.07) is 10.8. The highest BCUT2D eigenvalue weighted by atomic mass is 19.1. The first-order chi connectivity index (χ1) is 8.70. The van der Waals surface area contributed by atoms with E-state index < -0.39 is 11.9 Å². The number of benzene rings is 1. The SMILES string of the molecule is CCc1ccc(CC(O)c2ncccc2F)cc1. The van der Waals surface area contributed by atoms with Crippen LogP contribution in [-0.2, 0) is 12.8 Å². The van der Waals surface area contributed by atoms with Gasteiger partial charge < -0.3 is 5.11 Å². The van der Waals surface area contributed by atoms with Gasteiger partial charge in [0.15, 0.2) is 0 Å². The first kappa shape index (κ1) is 12.7. The number of rotatable bonds is 4. The van der Waals surface area contributed by atoms with Crippen LogP contribution in [0.1, 0.15) is 29.8 Å². The maximum atomic E-state index is 13.4. The Morgan fingerprint density at radius 1 is 1.17 bits per heavy atom. The van der Waals surface area contributed by atoms with Crippen LogP contribution in [0.25, 0.3) is 0 Å². The molecule has 0 saturated heterocycles. The van der Waals surface area contributed by atoms with Crippen LogP contribution in [0.5, 0.6) is 0 Å². The van der Waals surface area contributed by atoms with Crippen LogP contribution in [0.4, 0.5) is 4.39 Å². The summed E-state index contributed by atoms with van der Waals surface area (Å²) in [5.74, 6) is -0.463. The first-order valence-electron chi connectivity index (χ1n) is 6.07. The van der Waals surface area contributed by atoms with Crippen molar-refractivity contribution in [3.63, 3.8) is 0 Å². The van der Waals surface area contributed by atoms with Crippen molar-refractivity contribution in [3.05, 3.63) is 65.2 Å². The van der Waals surface area contributed by atoms with E-state index >= 15 is 0 Å². The summed E-state index contributed by atoms with van der Waals surface area (Å²) >= 11 is 0. The van der Waals surface area contributed by atoms with E-state index in [4.69, 9.17) is 0 Å². The van der Waals surface area contributed by atoms with Gasteiger partial charge in [-0.05, 0) is 29.7 Å². The van der Waals surface area contributed by atoms with Crippen LogP contribution in [-0.4, -0.2) is 10.1 Å². The molecule has 18 heavy (non-hydrogen) atoms. The Labute approximate surface area is 106 Å². The molecule has 3 heteroatoms. The van der Waals surface area contributed by atoms with E-state index in [-0.39, 0.29) is 5.69 Å². The molecule has 2 nitrogen and oxygen atoms in total. The molecule has 0 aliphatic heterocycles. The second-order valence-corrected chi connectivity index (χ2v) is 4.26. The van der Waals surface area contributed by atoms with E-state index in [1.807, 2.05) is 24.3 Å². The van der Waals surface area contributed by atoms with Gasteiger partial charge in [-0.2, -0.15) is 0 Å². The zero-order chi connectivity index (χ0) is 13.0. The summed E-state index contributed by atoms with van der Waals surface area (Å²) < 4.78 is 13.4. The standard InChI is InChI=1S/C15H16FNO/c1-2-11-5-7-12(8-6-11)10-14(18)15-13(16)4-3-9-17-15/h3-9,14,18H,2,10H2,1H3. The molecular weight excluding hydrogens is 229 g/mol. The van der Waals surface area contributed by atoms with E-state index in [0.717, 1.165) is 12.0 Å². The summed E-state index contributed by atoms with van der Waals surface area (Å²) in [7, 11) is 0. The van der Waals surface area contributed by atoms with E-state index in [0.29, 0.717) is 6.42 Å². The molecule has 1 N–H and O–H groups in total. The molecule has 1 aromatic carbocycles. The predicted molar refractivity (Wildman–Crippen MR) is 68.7 cm³/mol. The van der Waals surface area contributed by atoms with Gasteiger partial charge in [-0.25, -0.2) is 4.39 Å². The third-order valence-electron chi connectivity index (χ3n) is 2.96. The Morgan fingerprint density at radius 2 is 1.83 bits per heavy atom. The Balaban J connectivity index is 2.11. The summed E-state index contributed by atoms with van der Waals surface area (Å²) in [6.45, 7) is 2.09. The lowest BCUT2D eigenvalue weighted by molar-refractivity contribution is 0.168. The van der Waals surface area contributed by atoms with Gasteiger partial charge in [0.05, 0.1) is 0 Å². The van der Waals surface area contributed by atoms with Crippen molar-refractivity contribution in [2.75, 3.05) is 0 Å². The molecule has 94 valence electrons. The van der Waals surface area contributed by atoms with Crippen LogP contribution in [0.2, 0.25) is 0 Å². The molecule has 2 aromatic rings. The molecule has 0 bridgehead atoms. The maximum absolute atomic E-state index is 13.4. The maximum Gasteiger partial charge on any atom is 0.147 e. The second kappa shape index (κ2) is 5.74. The zero-order valence-electron chi connectivity index (χ0n) is 10.3. The molecule has 0 fully saturated rings. The van der Waals surface area contributed by atoms with Gasteiger partial charge in [0.1, 0.15) is 17.6 Å². The van der Waals surface area contributed by atoms with Crippen molar-refractivity contribution in [2.24, 2.45) is 0 Å². The molecular formula is C15H16FNO. The van der Waals surface area contributed by atoms with Gasteiger partial charge in [-0.15, -0.1) is 0 Å². The topological polar surface area (TPSA) is 33.1 Å². The van der Waals surface area contributed by atoms with Crippen molar-refractivity contribution in [1.29, 1.82) is 0 Å². The van der Waals surface area contributed by atoms with E-state index in [9.17, 15) is 9.50 Å². The monoisotopic (exact) mass is 245 g/mol. The molecule has 0 saturated carbocycles. The number of halogens is 1. The van der Waals surface area contributed by atoms with Gasteiger partial charge in [0.25, 0.3) is 0 Å². The average Bonchev–Trinajstić information content (AvgIpc) is 2.40. The van der Waals surface area contributed by atoms with Gasteiger partial charge in [0.2, 0.25) is 0 Å². The highest BCUT2D eigenvalue weighted by Gasteiger charge is 2.14. The van der Waals surface area contributed by atoms with Crippen LogP contribution in [0.15, 0.2) is 42.6 Å². The fourth-order valence-electron chi connectivity index (χ4n) is 1.87. The number of hydrogen-bond donors (Lipinski definition) is 1. The third-order valence-corrected chi connectivity index (χ3v) is 2.96. The molecule has 0 spiro atoms. The lowest BCUT2D eigenvalue weighted by Gasteiger charge is -2.11. The minimum absolute atomic E-state index is 0.108. The molecule has 0 aliphatic rings. The highest BCUT2D eigenvalue weighted by molar-refractivity contribution is 5.24.